The van der Waals surface area contributed by atoms with E-state index >= 15 is 0 Å². The summed E-state index contributed by atoms with van der Waals surface area (Å²) in [5.41, 5.74) is 0.961. The zero-order chi connectivity index (χ0) is 26.5. The van der Waals surface area contributed by atoms with Crippen LogP contribution in [0.4, 0.5) is 11.4 Å². The van der Waals surface area contributed by atoms with Crippen molar-refractivity contribution in [1.29, 1.82) is 0 Å². The normalized spacial score (nSPS) is 26.9. The zero-order valence-electron chi connectivity index (χ0n) is 22.5. The summed E-state index contributed by atoms with van der Waals surface area (Å²) in [6.07, 6.45) is 16.6. The Morgan fingerprint density at radius 1 is 0.500 bits per heavy atom. The lowest BCUT2D eigenvalue weighted by atomic mass is 9.96. The molecule has 0 spiro atoms. The number of imide groups is 2. The summed E-state index contributed by atoms with van der Waals surface area (Å²) < 4.78 is 0. The second kappa shape index (κ2) is 12.5. The van der Waals surface area contributed by atoms with Crippen LogP contribution in [0, 0.1) is 0 Å². The van der Waals surface area contributed by atoms with Crippen molar-refractivity contribution >= 4 is 35.0 Å². The fraction of sp³-hybridized carbons (Fsp3) is 0.667. The average Bonchev–Trinajstić information content (AvgIpc) is 3.30. The first-order chi connectivity index (χ1) is 18.5. The van der Waals surface area contributed by atoms with Gasteiger partial charge in [0.1, 0.15) is 0 Å². The lowest BCUT2D eigenvalue weighted by Gasteiger charge is -2.24. The Labute approximate surface area is 225 Å². The van der Waals surface area contributed by atoms with Crippen molar-refractivity contribution in [2.75, 3.05) is 9.80 Å². The Morgan fingerprint density at radius 3 is 1.16 bits per heavy atom. The number of hydrogen-bond donors (Lipinski definition) is 2. The minimum atomic E-state index is -0.492. The van der Waals surface area contributed by atoms with Gasteiger partial charge in [-0.2, -0.15) is 0 Å². The van der Waals surface area contributed by atoms with Crippen molar-refractivity contribution in [2.45, 2.75) is 127 Å². The maximum absolute atomic E-state index is 13.2. The largest absolute Gasteiger partial charge is 0.303 e. The lowest BCUT2D eigenvalue weighted by molar-refractivity contribution is -0.123. The van der Waals surface area contributed by atoms with Gasteiger partial charge in [0.2, 0.25) is 11.8 Å². The number of amides is 4. The topological polar surface area (TPSA) is 98.8 Å². The Hall–Kier alpha value is -2.58. The van der Waals surface area contributed by atoms with E-state index in [1.165, 1.54) is 48.3 Å². The summed E-state index contributed by atoms with van der Waals surface area (Å²) in [5.74, 6) is -0.881. The van der Waals surface area contributed by atoms with Crippen molar-refractivity contribution in [2.24, 2.45) is 0 Å². The van der Waals surface area contributed by atoms with Crippen molar-refractivity contribution in [3.05, 3.63) is 24.3 Å². The number of carbonyl (C=O) groups excluding carboxylic acids is 4. The molecule has 5 rings (SSSR count). The highest BCUT2D eigenvalue weighted by Gasteiger charge is 2.42. The molecule has 2 heterocycles. The predicted octanol–water partition coefficient (Wildman–Crippen LogP) is 4.36. The van der Waals surface area contributed by atoms with Gasteiger partial charge in [-0.05, 0) is 49.9 Å². The summed E-state index contributed by atoms with van der Waals surface area (Å²) in [6.45, 7) is 0. The SMILES string of the molecule is O=C1C[C@H](NC2CCCCCCC2)C(=O)N1c1ccc(N2C(=O)C[C@@H](NC3CCCCCCC3)C2=O)cc1. The van der Waals surface area contributed by atoms with E-state index in [9.17, 15) is 19.2 Å². The van der Waals surface area contributed by atoms with Crippen molar-refractivity contribution < 1.29 is 19.2 Å². The quantitative estimate of drug-likeness (QED) is 0.539. The minimum absolute atomic E-state index is 0.161. The van der Waals surface area contributed by atoms with E-state index in [1.807, 2.05) is 0 Å². The third-order valence-electron chi connectivity index (χ3n) is 8.74. The van der Waals surface area contributed by atoms with Crippen LogP contribution in [0.5, 0.6) is 0 Å². The van der Waals surface area contributed by atoms with Gasteiger partial charge in [0.25, 0.3) is 11.8 Å². The monoisotopic (exact) mass is 522 g/mol. The fourth-order valence-electron chi connectivity index (χ4n) is 6.63. The van der Waals surface area contributed by atoms with Crippen LogP contribution in [0.2, 0.25) is 0 Å². The Morgan fingerprint density at radius 2 is 0.816 bits per heavy atom. The molecular weight excluding hydrogens is 480 g/mol. The summed E-state index contributed by atoms with van der Waals surface area (Å²) >= 11 is 0. The van der Waals surface area contributed by atoms with Crippen LogP contribution in [0.1, 0.15) is 103 Å². The van der Waals surface area contributed by atoms with E-state index in [4.69, 9.17) is 0 Å². The molecular formula is C30H42N4O4. The molecule has 8 nitrogen and oxygen atoms in total. The molecule has 2 saturated heterocycles. The Bertz CT molecular complexity index is 929. The molecule has 38 heavy (non-hydrogen) atoms. The van der Waals surface area contributed by atoms with Gasteiger partial charge in [-0.25, -0.2) is 9.80 Å². The van der Waals surface area contributed by atoms with Crippen LogP contribution in [0.3, 0.4) is 0 Å². The van der Waals surface area contributed by atoms with Crippen molar-refractivity contribution in [3.8, 4) is 0 Å². The Kier molecular flexibility index (Phi) is 8.89. The third-order valence-corrected chi connectivity index (χ3v) is 8.74. The highest BCUT2D eigenvalue weighted by atomic mass is 16.2. The van der Waals surface area contributed by atoms with Gasteiger partial charge < -0.3 is 10.6 Å². The van der Waals surface area contributed by atoms with Crippen LogP contribution in [0.25, 0.3) is 0 Å². The fourth-order valence-corrected chi connectivity index (χ4v) is 6.63. The molecule has 2 aliphatic heterocycles. The third kappa shape index (κ3) is 6.18. The average molecular weight is 523 g/mol. The van der Waals surface area contributed by atoms with Gasteiger partial charge in [-0.15, -0.1) is 0 Å². The van der Waals surface area contributed by atoms with Gasteiger partial charge in [0.05, 0.1) is 36.3 Å². The van der Waals surface area contributed by atoms with Gasteiger partial charge in [0, 0.05) is 12.1 Å². The first kappa shape index (κ1) is 27.0. The van der Waals surface area contributed by atoms with E-state index in [0.717, 1.165) is 51.4 Å². The molecule has 2 atom stereocenters. The molecule has 2 saturated carbocycles. The second-order valence-electron chi connectivity index (χ2n) is 11.6. The number of nitrogens with one attached hydrogen (secondary N) is 2. The highest BCUT2D eigenvalue weighted by Crippen LogP contribution is 2.30. The molecule has 4 fully saturated rings. The first-order valence-corrected chi connectivity index (χ1v) is 14.9. The lowest BCUT2D eigenvalue weighted by Crippen LogP contribution is -2.44. The number of anilines is 2. The van der Waals surface area contributed by atoms with E-state index in [1.54, 1.807) is 24.3 Å². The number of hydrogen-bond acceptors (Lipinski definition) is 6. The minimum Gasteiger partial charge on any atom is -0.303 e. The molecule has 1 aromatic carbocycles. The molecule has 0 bridgehead atoms. The summed E-state index contributed by atoms with van der Waals surface area (Å²) in [5, 5.41) is 6.92. The molecule has 2 aliphatic carbocycles. The van der Waals surface area contributed by atoms with E-state index in [0.29, 0.717) is 11.4 Å². The molecule has 2 N–H and O–H groups in total. The van der Waals surface area contributed by atoms with Gasteiger partial charge >= 0.3 is 0 Å². The number of carbonyl (C=O) groups is 4. The van der Waals surface area contributed by atoms with Crippen LogP contribution in [-0.2, 0) is 19.2 Å². The molecule has 4 aliphatic rings. The smallest absolute Gasteiger partial charge is 0.251 e. The summed E-state index contributed by atoms with van der Waals surface area (Å²) in [6, 6.07) is 6.23. The molecule has 206 valence electrons. The van der Waals surface area contributed by atoms with E-state index < -0.39 is 12.1 Å². The van der Waals surface area contributed by atoms with Crippen molar-refractivity contribution in [1.82, 2.24) is 10.6 Å². The number of nitrogens with zero attached hydrogens (tertiary/aromatic N) is 2. The molecule has 8 heteroatoms. The van der Waals surface area contributed by atoms with Crippen LogP contribution >= 0.6 is 0 Å². The summed E-state index contributed by atoms with van der Waals surface area (Å²) in [7, 11) is 0. The van der Waals surface area contributed by atoms with Crippen LogP contribution < -0.4 is 20.4 Å². The molecule has 0 radical (unpaired) electrons. The van der Waals surface area contributed by atoms with Gasteiger partial charge in [0.15, 0.2) is 0 Å². The van der Waals surface area contributed by atoms with Gasteiger partial charge in [-0.1, -0.05) is 64.2 Å². The Balaban J connectivity index is 1.21. The number of rotatable bonds is 6. The maximum atomic E-state index is 13.2. The second-order valence-corrected chi connectivity index (χ2v) is 11.6. The standard InChI is InChI=1S/C30H42N4O4/c35-27-19-25(31-21-11-7-3-1-4-8-12-21)29(37)33(27)23-15-17-24(18-16-23)34-28(36)20-26(30(34)38)32-22-13-9-5-2-6-10-14-22/h15-18,21-22,25-26,31-32H,1-14,19-20H2/t25-,26+. The number of benzene rings is 1. The molecule has 0 aromatic heterocycles. The van der Waals surface area contributed by atoms with Crippen LogP contribution in [-0.4, -0.2) is 47.8 Å². The molecule has 1 aromatic rings. The highest BCUT2D eigenvalue weighted by molar-refractivity contribution is 6.24. The maximum Gasteiger partial charge on any atom is 0.251 e. The van der Waals surface area contributed by atoms with E-state index in [-0.39, 0.29) is 48.6 Å². The molecule has 4 amide bonds. The molecule has 0 unspecified atom stereocenters. The summed E-state index contributed by atoms with van der Waals surface area (Å²) in [4.78, 5) is 54.5. The van der Waals surface area contributed by atoms with Crippen LogP contribution in [0.15, 0.2) is 24.3 Å². The van der Waals surface area contributed by atoms with E-state index in [2.05, 4.69) is 10.6 Å². The predicted molar refractivity (Wildman–Crippen MR) is 147 cm³/mol. The first-order valence-electron chi connectivity index (χ1n) is 14.9. The van der Waals surface area contributed by atoms with Gasteiger partial charge in [-0.3, -0.25) is 19.2 Å². The van der Waals surface area contributed by atoms with Crippen molar-refractivity contribution in [3.63, 3.8) is 0 Å². The zero-order valence-corrected chi connectivity index (χ0v) is 22.5.